The Morgan fingerprint density at radius 3 is 2.33 bits per heavy atom. The SMILES string of the molecule is Cc1ccc(SCCNC(=O)c2ccc(C)c(S(=O)(=O)N3CCCCCC3)c2)cc1. The molecule has 2 aromatic rings. The molecule has 162 valence electrons. The molecule has 0 radical (unpaired) electrons. The zero-order valence-corrected chi connectivity index (χ0v) is 19.3. The van der Waals surface area contributed by atoms with Gasteiger partial charge in [-0.25, -0.2) is 8.42 Å². The van der Waals surface area contributed by atoms with Gasteiger partial charge in [0.2, 0.25) is 10.0 Å². The number of thioether (sulfide) groups is 1. The quantitative estimate of drug-likeness (QED) is 0.506. The van der Waals surface area contributed by atoms with Gasteiger partial charge in [0, 0.05) is 35.8 Å². The van der Waals surface area contributed by atoms with Gasteiger partial charge in [-0.2, -0.15) is 4.31 Å². The zero-order valence-electron chi connectivity index (χ0n) is 17.7. The third-order valence-electron chi connectivity index (χ3n) is 5.31. The molecule has 0 atom stereocenters. The summed E-state index contributed by atoms with van der Waals surface area (Å²) in [5.41, 5.74) is 2.28. The molecule has 5 nitrogen and oxygen atoms in total. The summed E-state index contributed by atoms with van der Waals surface area (Å²) in [4.78, 5) is 14.0. The largest absolute Gasteiger partial charge is 0.351 e. The van der Waals surface area contributed by atoms with Crippen molar-refractivity contribution in [3.63, 3.8) is 0 Å². The van der Waals surface area contributed by atoms with Crippen LogP contribution in [0.5, 0.6) is 0 Å². The number of amides is 1. The second-order valence-electron chi connectivity index (χ2n) is 7.72. The molecule has 1 N–H and O–H groups in total. The van der Waals surface area contributed by atoms with Crippen LogP contribution < -0.4 is 5.32 Å². The van der Waals surface area contributed by atoms with E-state index in [2.05, 4.69) is 36.5 Å². The van der Waals surface area contributed by atoms with Crippen molar-refractivity contribution in [1.29, 1.82) is 0 Å². The van der Waals surface area contributed by atoms with Crippen molar-refractivity contribution < 1.29 is 13.2 Å². The van der Waals surface area contributed by atoms with E-state index in [9.17, 15) is 13.2 Å². The fourth-order valence-corrected chi connectivity index (χ4v) is 6.05. The summed E-state index contributed by atoms with van der Waals surface area (Å²) in [6.45, 7) is 5.45. The van der Waals surface area contributed by atoms with Gasteiger partial charge in [0.25, 0.3) is 5.91 Å². The summed E-state index contributed by atoms with van der Waals surface area (Å²) in [5, 5.41) is 2.90. The maximum atomic E-state index is 13.2. The third kappa shape index (κ3) is 5.86. The van der Waals surface area contributed by atoms with Crippen molar-refractivity contribution >= 4 is 27.7 Å². The molecule has 0 spiro atoms. The molecule has 0 aliphatic carbocycles. The lowest BCUT2D eigenvalue weighted by atomic mass is 10.1. The second kappa shape index (κ2) is 10.5. The second-order valence-corrected chi connectivity index (χ2v) is 10.8. The predicted molar refractivity (Wildman–Crippen MR) is 123 cm³/mol. The minimum atomic E-state index is -3.59. The van der Waals surface area contributed by atoms with Crippen molar-refractivity contribution in [2.45, 2.75) is 49.3 Å². The fraction of sp³-hybridized carbons (Fsp3) is 0.435. The summed E-state index contributed by atoms with van der Waals surface area (Å²) < 4.78 is 27.9. The number of rotatable bonds is 7. The lowest BCUT2D eigenvalue weighted by molar-refractivity contribution is 0.0956. The van der Waals surface area contributed by atoms with Crippen molar-refractivity contribution in [1.82, 2.24) is 9.62 Å². The number of nitrogens with zero attached hydrogens (tertiary/aromatic N) is 1. The van der Waals surface area contributed by atoms with Crippen LogP contribution in [-0.2, 0) is 10.0 Å². The summed E-state index contributed by atoms with van der Waals surface area (Å²) >= 11 is 1.68. The molecular formula is C23H30N2O3S2. The normalized spacial score (nSPS) is 15.5. The molecule has 0 unspecified atom stereocenters. The first-order chi connectivity index (χ1) is 14.4. The summed E-state index contributed by atoms with van der Waals surface area (Å²) in [6, 6.07) is 13.2. The van der Waals surface area contributed by atoms with Gasteiger partial charge >= 0.3 is 0 Å². The standard InChI is InChI=1S/C23H30N2O3S2/c1-18-7-11-21(12-8-18)29-16-13-24-23(26)20-10-9-19(2)22(17-20)30(27,28)25-14-5-3-4-6-15-25/h7-12,17H,3-6,13-16H2,1-2H3,(H,24,26). The number of aryl methyl sites for hydroxylation is 2. The van der Waals surface area contributed by atoms with Crippen molar-refractivity contribution in [3.05, 3.63) is 59.2 Å². The number of carbonyl (C=O) groups is 1. The smallest absolute Gasteiger partial charge is 0.251 e. The highest BCUT2D eigenvalue weighted by Crippen LogP contribution is 2.24. The van der Waals surface area contributed by atoms with Crippen LogP contribution in [0.3, 0.4) is 0 Å². The van der Waals surface area contributed by atoms with E-state index in [0.717, 1.165) is 36.3 Å². The van der Waals surface area contributed by atoms with Crippen molar-refractivity contribution in [2.24, 2.45) is 0 Å². The van der Waals surface area contributed by atoms with Crippen LogP contribution in [-0.4, -0.2) is 44.0 Å². The van der Waals surface area contributed by atoms with Crippen LogP contribution in [0.25, 0.3) is 0 Å². The first kappa shape index (κ1) is 22.8. The number of hydrogen-bond acceptors (Lipinski definition) is 4. The average molecular weight is 447 g/mol. The van der Waals surface area contributed by atoms with E-state index in [4.69, 9.17) is 0 Å². The van der Waals surface area contributed by atoms with E-state index < -0.39 is 10.0 Å². The maximum absolute atomic E-state index is 13.2. The summed E-state index contributed by atoms with van der Waals surface area (Å²) in [7, 11) is -3.59. The zero-order chi connectivity index (χ0) is 21.6. The fourth-order valence-electron chi connectivity index (χ4n) is 3.51. The molecule has 0 aromatic heterocycles. The third-order valence-corrected chi connectivity index (χ3v) is 8.36. The highest BCUT2D eigenvalue weighted by Gasteiger charge is 2.27. The highest BCUT2D eigenvalue weighted by atomic mass is 32.2. The Morgan fingerprint density at radius 1 is 1.00 bits per heavy atom. The molecule has 7 heteroatoms. The lowest BCUT2D eigenvalue weighted by Gasteiger charge is -2.21. The molecule has 2 aromatic carbocycles. The van der Waals surface area contributed by atoms with Gasteiger partial charge in [0.1, 0.15) is 0 Å². The van der Waals surface area contributed by atoms with Crippen LogP contribution in [0.4, 0.5) is 0 Å². The lowest BCUT2D eigenvalue weighted by Crippen LogP contribution is -2.33. The van der Waals surface area contributed by atoms with Gasteiger partial charge in [0.05, 0.1) is 4.90 Å². The monoisotopic (exact) mass is 446 g/mol. The molecule has 1 aliphatic heterocycles. The molecule has 3 rings (SSSR count). The Bertz CT molecular complexity index is 964. The topological polar surface area (TPSA) is 66.5 Å². The van der Waals surface area contributed by atoms with Gasteiger partial charge in [-0.15, -0.1) is 11.8 Å². The molecule has 1 heterocycles. The average Bonchev–Trinajstić information content (AvgIpc) is 3.03. The van der Waals surface area contributed by atoms with Gasteiger partial charge in [-0.05, 0) is 56.5 Å². The van der Waals surface area contributed by atoms with Gasteiger partial charge < -0.3 is 5.32 Å². The minimum Gasteiger partial charge on any atom is -0.351 e. The van der Waals surface area contributed by atoms with Gasteiger partial charge in [-0.1, -0.05) is 36.6 Å². The maximum Gasteiger partial charge on any atom is 0.251 e. The molecule has 1 fully saturated rings. The Labute approximate surface area is 184 Å². The van der Waals surface area contributed by atoms with Crippen molar-refractivity contribution in [2.75, 3.05) is 25.4 Å². The van der Waals surface area contributed by atoms with Crippen LogP contribution in [0.2, 0.25) is 0 Å². The number of nitrogens with one attached hydrogen (secondary N) is 1. The van der Waals surface area contributed by atoms with Crippen LogP contribution in [0, 0.1) is 13.8 Å². The number of sulfonamides is 1. The summed E-state index contributed by atoms with van der Waals surface area (Å²) in [6.07, 6.45) is 3.90. The van der Waals surface area contributed by atoms with Gasteiger partial charge in [0.15, 0.2) is 0 Å². The number of carbonyl (C=O) groups excluding carboxylic acids is 1. The molecule has 1 aliphatic rings. The van der Waals surface area contributed by atoms with Crippen LogP contribution in [0.15, 0.2) is 52.3 Å². The van der Waals surface area contributed by atoms with E-state index >= 15 is 0 Å². The molecule has 30 heavy (non-hydrogen) atoms. The Kier molecular flexibility index (Phi) is 7.97. The van der Waals surface area contributed by atoms with E-state index in [-0.39, 0.29) is 10.8 Å². The van der Waals surface area contributed by atoms with Crippen LogP contribution >= 0.6 is 11.8 Å². The first-order valence-corrected chi connectivity index (χ1v) is 12.9. The molecule has 1 saturated heterocycles. The van der Waals surface area contributed by atoms with E-state index in [0.29, 0.717) is 30.8 Å². The Morgan fingerprint density at radius 2 is 1.67 bits per heavy atom. The number of hydrogen-bond donors (Lipinski definition) is 1. The van der Waals surface area contributed by atoms with E-state index in [1.165, 1.54) is 11.6 Å². The Hall–Kier alpha value is -1.83. The highest BCUT2D eigenvalue weighted by molar-refractivity contribution is 7.99. The van der Waals surface area contributed by atoms with Gasteiger partial charge in [-0.3, -0.25) is 4.79 Å². The number of benzene rings is 2. The minimum absolute atomic E-state index is 0.242. The molecular weight excluding hydrogens is 416 g/mol. The molecule has 1 amide bonds. The van der Waals surface area contributed by atoms with Crippen molar-refractivity contribution in [3.8, 4) is 0 Å². The van der Waals surface area contributed by atoms with E-state index in [1.807, 2.05) is 0 Å². The van der Waals surface area contributed by atoms with E-state index in [1.54, 1.807) is 35.1 Å². The first-order valence-electron chi connectivity index (χ1n) is 10.5. The van der Waals surface area contributed by atoms with Crippen LogP contribution in [0.1, 0.15) is 47.2 Å². The Balaban J connectivity index is 1.63. The molecule has 0 bridgehead atoms. The predicted octanol–water partition coefficient (Wildman–Crippen LogP) is 4.39. The molecule has 0 saturated carbocycles. The summed E-state index contributed by atoms with van der Waals surface area (Å²) in [5.74, 6) is 0.506.